The van der Waals surface area contributed by atoms with Crippen molar-refractivity contribution in [2.45, 2.75) is 59.5 Å². The van der Waals surface area contributed by atoms with Gasteiger partial charge in [0.15, 0.2) is 0 Å². The molecular formula is C22H27NO3. The Morgan fingerprint density at radius 2 is 1.85 bits per heavy atom. The van der Waals surface area contributed by atoms with Crippen LogP contribution in [0, 0.1) is 20.8 Å². The number of hydrogen-bond acceptors (Lipinski definition) is 3. The maximum Gasteiger partial charge on any atom is 0.250 e. The molecule has 2 aromatic rings. The number of anilines is 1. The average Bonchev–Trinajstić information content (AvgIpc) is 3.47. The van der Waals surface area contributed by atoms with E-state index in [4.69, 9.17) is 4.74 Å². The lowest BCUT2D eigenvalue weighted by atomic mass is 10.0. The van der Waals surface area contributed by atoms with E-state index in [1.165, 1.54) is 16.7 Å². The lowest BCUT2D eigenvalue weighted by molar-refractivity contribution is -0.123. The third-order valence-corrected chi connectivity index (χ3v) is 5.13. The van der Waals surface area contributed by atoms with Gasteiger partial charge in [-0.1, -0.05) is 25.1 Å². The number of nitrogens with zero attached hydrogens (tertiary/aromatic N) is 1. The van der Waals surface area contributed by atoms with Gasteiger partial charge in [-0.05, 0) is 73.9 Å². The zero-order valence-corrected chi connectivity index (χ0v) is 16.0. The molecule has 1 fully saturated rings. The number of aryl methyl sites for hydroxylation is 3. The first-order valence-electron chi connectivity index (χ1n) is 9.26. The van der Waals surface area contributed by atoms with Gasteiger partial charge >= 0.3 is 0 Å². The highest BCUT2D eigenvalue weighted by Gasteiger charge is 2.29. The van der Waals surface area contributed by atoms with E-state index in [0.29, 0.717) is 18.2 Å². The third kappa shape index (κ3) is 3.75. The van der Waals surface area contributed by atoms with Crippen LogP contribution in [0.3, 0.4) is 0 Å². The van der Waals surface area contributed by atoms with Gasteiger partial charge in [0.25, 0.3) is 0 Å². The van der Waals surface area contributed by atoms with Crippen LogP contribution in [0.4, 0.5) is 5.69 Å². The molecule has 0 aromatic heterocycles. The van der Waals surface area contributed by atoms with Crippen molar-refractivity contribution < 1.29 is 14.7 Å². The van der Waals surface area contributed by atoms with Crippen LogP contribution in [0.1, 0.15) is 59.9 Å². The Morgan fingerprint density at radius 3 is 2.50 bits per heavy atom. The fourth-order valence-corrected chi connectivity index (χ4v) is 3.25. The van der Waals surface area contributed by atoms with Crippen LogP contribution in [-0.4, -0.2) is 11.1 Å². The van der Waals surface area contributed by atoms with E-state index in [0.717, 1.165) is 34.8 Å². The van der Waals surface area contributed by atoms with Crippen LogP contribution in [-0.2, 0) is 11.4 Å². The molecule has 1 aliphatic carbocycles. The van der Waals surface area contributed by atoms with E-state index >= 15 is 0 Å². The first-order chi connectivity index (χ1) is 12.4. The van der Waals surface area contributed by atoms with Crippen LogP contribution < -0.4 is 9.80 Å². The molecule has 0 radical (unpaired) electrons. The number of hydroxylamine groups is 1. The lowest BCUT2D eigenvalue weighted by Crippen LogP contribution is -2.27. The highest BCUT2D eigenvalue weighted by atomic mass is 16.5. The number of ether oxygens (including phenoxy) is 1. The molecule has 0 atom stereocenters. The summed E-state index contributed by atoms with van der Waals surface area (Å²) in [7, 11) is 0. The first kappa shape index (κ1) is 18.5. The number of hydrogen-bond donors (Lipinski definition) is 1. The van der Waals surface area contributed by atoms with Gasteiger partial charge in [0.1, 0.15) is 12.4 Å². The van der Waals surface area contributed by atoms with Crippen molar-refractivity contribution >= 4 is 11.6 Å². The number of benzene rings is 2. The van der Waals surface area contributed by atoms with Crippen LogP contribution in [0.5, 0.6) is 5.75 Å². The van der Waals surface area contributed by atoms with Crippen molar-refractivity contribution in [3.05, 3.63) is 58.1 Å². The molecule has 4 heteroatoms. The normalized spacial score (nSPS) is 13.6. The molecule has 2 aromatic carbocycles. The highest BCUT2D eigenvalue weighted by molar-refractivity contribution is 5.91. The Labute approximate surface area is 155 Å². The second-order valence-corrected chi connectivity index (χ2v) is 7.17. The Bertz CT molecular complexity index is 824. The summed E-state index contributed by atoms with van der Waals surface area (Å²) in [5.74, 6) is 1.03. The summed E-state index contributed by atoms with van der Waals surface area (Å²) in [4.78, 5) is 12.0. The second kappa shape index (κ2) is 7.50. The predicted molar refractivity (Wildman–Crippen MR) is 103 cm³/mol. The van der Waals surface area contributed by atoms with Crippen LogP contribution in [0.15, 0.2) is 30.3 Å². The Morgan fingerprint density at radius 1 is 1.15 bits per heavy atom. The SMILES string of the molecule is CCC(=O)N(O)c1cccc(C2CC2)c1COc1cc(C)c(C)cc1C. The quantitative estimate of drug-likeness (QED) is 0.573. The topological polar surface area (TPSA) is 49.8 Å². The molecule has 1 amide bonds. The van der Waals surface area contributed by atoms with Crippen molar-refractivity contribution in [1.29, 1.82) is 0 Å². The van der Waals surface area contributed by atoms with E-state index in [9.17, 15) is 10.0 Å². The Balaban J connectivity index is 1.93. The molecule has 1 N–H and O–H groups in total. The second-order valence-electron chi connectivity index (χ2n) is 7.17. The molecule has 0 unspecified atom stereocenters. The summed E-state index contributed by atoms with van der Waals surface area (Å²) >= 11 is 0. The molecule has 1 saturated carbocycles. The zero-order valence-electron chi connectivity index (χ0n) is 16.0. The van der Waals surface area contributed by atoms with Gasteiger partial charge in [0.05, 0.1) is 5.69 Å². The highest BCUT2D eigenvalue weighted by Crippen LogP contribution is 2.44. The Kier molecular flexibility index (Phi) is 5.33. The minimum atomic E-state index is -0.318. The van der Waals surface area contributed by atoms with Crippen molar-refractivity contribution in [3.8, 4) is 5.75 Å². The minimum Gasteiger partial charge on any atom is -0.489 e. The zero-order chi connectivity index (χ0) is 18.8. The van der Waals surface area contributed by atoms with Crippen molar-refractivity contribution in [2.24, 2.45) is 0 Å². The van der Waals surface area contributed by atoms with E-state index in [1.54, 1.807) is 13.0 Å². The maximum absolute atomic E-state index is 12.0. The molecule has 1 aliphatic rings. The molecular weight excluding hydrogens is 326 g/mol. The molecule has 3 rings (SSSR count). The molecule has 0 bridgehead atoms. The largest absolute Gasteiger partial charge is 0.489 e. The van der Waals surface area contributed by atoms with Gasteiger partial charge in [0, 0.05) is 12.0 Å². The van der Waals surface area contributed by atoms with Gasteiger partial charge in [-0.25, -0.2) is 0 Å². The molecule has 0 heterocycles. The fourth-order valence-electron chi connectivity index (χ4n) is 3.25. The first-order valence-corrected chi connectivity index (χ1v) is 9.26. The summed E-state index contributed by atoms with van der Waals surface area (Å²) in [5.41, 5.74) is 6.12. The van der Waals surface area contributed by atoms with Crippen molar-refractivity contribution in [1.82, 2.24) is 0 Å². The van der Waals surface area contributed by atoms with Gasteiger partial charge in [-0.15, -0.1) is 0 Å². The number of rotatable bonds is 6. The fraction of sp³-hybridized carbons (Fsp3) is 0.409. The summed E-state index contributed by atoms with van der Waals surface area (Å²) < 4.78 is 6.13. The number of carbonyl (C=O) groups is 1. The molecule has 138 valence electrons. The van der Waals surface area contributed by atoms with Gasteiger partial charge < -0.3 is 4.74 Å². The van der Waals surface area contributed by atoms with Crippen molar-refractivity contribution in [2.75, 3.05) is 5.06 Å². The van der Waals surface area contributed by atoms with Crippen LogP contribution in [0.2, 0.25) is 0 Å². The third-order valence-electron chi connectivity index (χ3n) is 5.13. The maximum atomic E-state index is 12.0. The predicted octanol–water partition coefficient (Wildman–Crippen LogP) is 5.20. The monoisotopic (exact) mass is 353 g/mol. The molecule has 0 spiro atoms. The van der Waals surface area contributed by atoms with E-state index in [1.807, 2.05) is 13.0 Å². The van der Waals surface area contributed by atoms with E-state index in [2.05, 4.69) is 32.0 Å². The summed E-state index contributed by atoms with van der Waals surface area (Å²) in [6.45, 7) is 8.27. The number of carbonyl (C=O) groups excluding carboxylic acids is 1. The van der Waals surface area contributed by atoms with E-state index < -0.39 is 0 Å². The summed E-state index contributed by atoms with van der Waals surface area (Å²) in [5, 5.41) is 11.1. The standard InChI is InChI=1S/C22H27NO3/c1-5-22(24)23(25)20-8-6-7-18(17-9-10-17)19(20)13-26-21-12-15(3)14(2)11-16(21)4/h6-8,11-12,17,25H,5,9-10,13H2,1-4H3. The van der Waals surface area contributed by atoms with Gasteiger partial charge in [-0.2, -0.15) is 5.06 Å². The van der Waals surface area contributed by atoms with Gasteiger partial charge in [0.2, 0.25) is 5.91 Å². The molecule has 0 saturated heterocycles. The van der Waals surface area contributed by atoms with Gasteiger partial charge in [-0.3, -0.25) is 10.0 Å². The minimum absolute atomic E-state index is 0.251. The average molecular weight is 353 g/mol. The number of amides is 1. The summed E-state index contributed by atoms with van der Waals surface area (Å²) in [6, 6.07) is 9.94. The molecule has 26 heavy (non-hydrogen) atoms. The lowest BCUT2D eigenvalue weighted by Gasteiger charge is -2.21. The smallest absolute Gasteiger partial charge is 0.250 e. The van der Waals surface area contributed by atoms with Crippen LogP contribution >= 0.6 is 0 Å². The Hall–Kier alpha value is -2.33. The van der Waals surface area contributed by atoms with Crippen LogP contribution in [0.25, 0.3) is 0 Å². The van der Waals surface area contributed by atoms with Crippen molar-refractivity contribution in [3.63, 3.8) is 0 Å². The molecule has 0 aliphatic heterocycles. The van der Waals surface area contributed by atoms with E-state index in [-0.39, 0.29) is 12.3 Å². The summed E-state index contributed by atoms with van der Waals surface area (Å²) in [6.07, 6.45) is 2.54. The molecule has 4 nitrogen and oxygen atoms in total.